The number of nitrogens with one attached hydrogen (secondary N) is 1. The molecule has 180 valence electrons. The van der Waals surface area contributed by atoms with Gasteiger partial charge < -0.3 is 19.7 Å². The predicted octanol–water partition coefficient (Wildman–Crippen LogP) is 4.70. The summed E-state index contributed by atoms with van der Waals surface area (Å²) in [5.41, 5.74) is 3.51. The Labute approximate surface area is 205 Å². The van der Waals surface area contributed by atoms with Gasteiger partial charge in [0, 0.05) is 24.9 Å². The molecular formula is C27H25NO6S. The molecule has 0 aliphatic rings. The highest BCUT2D eigenvalue weighted by molar-refractivity contribution is 7.86. The Morgan fingerprint density at radius 1 is 0.914 bits per heavy atom. The Balaban J connectivity index is 0.00000342. The van der Waals surface area contributed by atoms with Gasteiger partial charge in [-0.2, -0.15) is 0 Å². The number of rotatable bonds is 10. The number of furan rings is 1. The van der Waals surface area contributed by atoms with Crippen LogP contribution in [0.5, 0.6) is 0 Å². The fraction of sp³-hybridized carbons (Fsp3) is 0.111. The molecule has 0 aliphatic carbocycles. The second-order valence-electron chi connectivity index (χ2n) is 7.75. The van der Waals surface area contributed by atoms with E-state index in [2.05, 4.69) is 4.72 Å². The largest absolute Gasteiger partial charge is 0.478 e. The van der Waals surface area contributed by atoms with E-state index in [-0.39, 0.29) is 29.7 Å². The van der Waals surface area contributed by atoms with Crippen molar-refractivity contribution in [1.82, 2.24) is 0 Å². The van der Waals surface area contributed by atoms with Crippen LogP contribution in [-0.4, -0.2) is 26.5 Å². The fourth-order valence-electron chi connectivity index (χ4n) is 3.54. The Morgan fingerprint density at radius 3 is 2.29 bits per heavy atom. The topological polar surface area (TPSA) is 128 Å². The molecule has 3 aromatic carbocycles. The molecule has 0 fully saturated rings. The number of carboxylic acids is 1. The van der Waals surface area contributed by atoms with Crippen LogP contribution in [-0.2, 0) is 28.6 Å². The van der Waals surface area contributed by atoms with Gasteiger partial charge in [0.2, 0.25) is 0 Å². The van der Waals surface area contributed by atoms with Crippen molar-refractivity contribution in [3.05, 3.63) is 108 Å². The molecule has 1 heterocycles. The predicted molar refractivity (Wildman–Crippen MR) is 135 cm³/mol. The van der Waals surface area contributed by atoms with Gasteiger partial charge in [0.25, 0.3) is 0 Å². The summed E-state index contributed by atoms with van der Waals surface area (Å²) >= 11 is 0. The lowest BCUT2D eigenvalue weighted by Gasteiger charge is -2.11. The van der Waals surface area contributed by atoms with Crippen molar-refractivity contribution >= 4 is 28.4 Å². The highest BCUT2D eigenvalue weighted by Crippen LogP contribution is 2.27. The van der Waals surface area contributed by atoms with Crippen molar-refractivity contribution in [1.29, 1.82) is 0 Å². The summed E-state index contributed by atoms with van der Waals surface area (Å²) in [7, 11) is -1.46. The molecule has 1 unspecified atom stereocenters. The van der Waals surface area contributed by atoms with Crippen molar-refractivity contribution in [2.24, 2.45) is 0 Å². The quantitative estimate of drug-likeness (QED) is 0.332. The molecule has 4 aromatic rings. The average molecular weight is 492 g/mol. The number of hydrogen-bond acceptors (Lipinski definition) is 4. The third kappa shape index (κ3) is 6.75. The zero-order chi connectivity index (χ0) is 23.9. The van der Waals surface area contributed by atoms with Crippen LogP contribution in [0.3, 0.4) is 0 Å². The lowest BCUT2D eigenvalue weighted by Crippen LogP contribution is -2.07. The lowest BCUT2D eigenvalue weighted by atomic mass is 10.0. The zero-order valence-electron chi connectivity index (χ0n) is 18.8. The maximum Gasteiger partial charge on any atom is 0.338 e. The van der Waals surface area contributed by atoms with Gasteiger partial charge in [0.1, 0.15) is 17.8 Å². The molecule has 4 rings (SSSR count). The van der Waals surface area contributed by atoms with Crippen LogP contribution in [0.2, 0.25) is 0 Å². The van der Waals surface area contributed by atoms with Crippen LogP contribution < -0.4 is 4.72 Å². The first kappa shape index (κ1) is 25.6. The summed E-state index contributed by atoms with van der Waals surface area (Å²) in [6.07, 6.45) is 2.04. The van der Waals surface area contributed by atoms with E-state index in [9.17, 15) is 13.8 Å². The van der Waals surface area contributed by atoms with E-state index in [1.165, 1.54) is 12.3 Å². The molecule has 8 heteroatoms. The number of carbonyl (C=O) groups excluding carboxylic acids is 1. The van der Waals surface area contributed by atoms with Gasteiger partial charge in [-0.3, -0.25) is 4.79 Å². The minimum absolute atomic E-state index is 0. The minimum atomic E-state index is -1.46. The Kier molecular flexibility index (Phi) is 8.72. The van der Waals surface area contributed by atoms with Gasteiger partial charge in [-0.15, -0.1) is 0 Å². The Morgan fingerprint density at radius 2 is 1.60 bits per heavy atom. The summed E-state index contributed by atoms with van der Waals surface area (Å²) in [5.74, 6) is -0.558. The van der Waals surface area contributed by atoms with E-state index < -0.39 is 17.0 Å². The van der Waals surface area contributed by atoms with Crippen molar-refractivity contribution in [3.8, 4) is 11.1 Å². The third-order valence-corrected chi connectivity index (χ3v) is 6.46. The number of hydrogen-bond donors (Lipinski definition) is 2. The van der Waals surface area contributed by atoms with Crippen molar-refractivity contribution in [2.75, 3.05) is 4.72 Å². The van der Waals surface area contributed by atoms with Gasteiger partial charge >= 0.3 is 5.97 Å². The molecule has 0 aliphatic heterocycles. The van der Waals surface area contributed by atoms with Crippen LogP contribution in [0.1, 0.15) is 28.1 Å². The Hall–Kier alpha value is -4.01. The van der Waals surface area contributed by atoms with Crippen LogP contribution in [0.25, 0.3) is 11.1 Å². The molecule has 4 N–H and O–H groups in total. The zero-order valence-corrected chi connectivity index (χ0v) is 19.6. The highest BCUT2D eigenvalue weighted by Gasteiger charge is 2.13. The van der Waals surface area contributed by atoms with Gasteiger partial charge in [-0.05, 0) is 41.0 Å². The molecule has 0 spiro atoms. The van der Waals surface area contributed by atoms with Crippen molar-refractivity contribution < 1.29 is 28.8 Å². The molecular weight excluding hydrogens is 466 g/mol. The second kappa shape index (κ2) is 11.9. The van der Waals surface area contributed by atoms with Crippen LogP contribution in [0.4, 0.5) is 5.69 Å². The van der Waals surface area contributed by atoms with Gasteiger partial charge in [-0.25, -0.2) is 9.00 Å². The van der Waals surface area contributed by atoms with Crippen LogP contribution in [0, 0.1) is 0 Å². The number of carbonyl (C=O) groups is 2. The molecule has 7 nitrogen and oxygen atoms in total. The average Bonchev–Trinajstić information content (AvgIpc) is 3.34. The molecule has 1 aromatic heterocycles. The molecule has 0 radical (unpaired) electrons. The number of Topliss-reactive ketones (excluding diaryl/α,β-unsaturated/α-hetero) is 1. The number of anilines is 1. The molecule has 0 amide bonds. The fourth-order valence-corrected chi connectivity index (χ4v) is 4.59. The monoisotopic (exact) mass is 491 g/mol. The summed E-state index contributed by atoms with van der Waals surface area (Å²) in [6.45, 7) is 0. The lowest BCUT2D eigenvalue weighted by molar-refractivity contribution is -0.118. The highest BCUT2D eigenvalue weighted by atomic mass is 32.2. The summed E-state index contributed by atoms with van der Waals surface area (Å²) in [4.78, 5) is 23.9. The van der Waals surface area contributed by atoms with E-state index in [1.807, 2.05) is 66.7 Å². The molecule has 1 atom stereocenters. The normalized spacial score (nSPS) is 11.3. The van der Waals surface area contributed by atoms with E-state index in [4.69, 9.17) is 9.52 Å². The van der Waals surface area contributed by atoms with Crippen LogP contribution >= 0.6 is 0 Å². The number of aromatic carboxylic acids is 1. The number of carboxylic acid groups (broad SMARTS) is 1. The van der Waals surface area contributed by atoms with Crippen molar-refractivity contribution in [2.45, 2.75) is 24.2 Å². The first-order valence-corrected chi connectivity index (χ1v) is 11.9. The molecule has 0 bridgehead atoms. The van der Waals surface area contributed by atoms with E-state index >= 15 is 0 Å². The summed E-state index contributed by atoms with van der Waals surface area (Å²) < 4.78 is 21.3. The molecule has 35 heavy (non-hydrogen) atoms. The maximum absolute atomic E-state index is 13.0. The Bertz CT molecular complexity index is 1320. The maximum atomic E-state index is 13.0. The number of aryl methyl sites for hydroxylation is 1. The van der Waals surface area contributed by atoms with Crippen molar-refractivity contribution in [3.63, 3.8) is 0 Å². The minimum Gasteiger partial charge on any atom is -0.478 e. The summed E-state index contributed by atoms with van der Waals surface area (Å²) in [6, 6.07) is 26.1. The van der Waals surface area contributed by atoms with Crippen LogP contribution in [0.15, 0.2) is 101 Å². The SMILES string of the molecule is O.O=C(CCc1cc(C(=O)O)co1)Cc1ccc(NS(=O)c2ccccc2-c2ccccc2)cc1. The van der Waals surface area contributed by atoms with E-state index in [1.54, 1.807) is 12.1 Å². The molecule has 0 saturated carbocycles. The first-order chi connectivity index (χ1) is 16.5. The number of benzene rings is 3. The van der Waals surface area contributed by atoms with Gasteiger partial charge in [0.05, 0.1) is 10.5 Å². The third-order valence-electron chi connectivity index (χ3n) is 5.29. The van der Waals surface area contributed by atoms with Gasteiger partial charge in [-0.1, -0.05) is 60.7 Å². The van der Waals surface area contributed by atoms with Gasteiger partial charge in [0.15, 0.2) is 11.0 Å². The van der Waals surface area contributed by atoms with E-state index in [0.717, 1.165) is 16.7 Å². The smallest absolute Gasteiger partial charge is 0.338 e. The van der Waals surface area contributed by atoms with E-state index in [0.29, 0.717) is 22.8 Å². The number of ketones is 1. The standard InChI is InChI=1S/C27H23NO5S.H2O/c29-23(14-15-24-17-21(18-33-24)27(30)31)16-19-10-12-22(13-11-19)28-34(32)26-9-5-4-8-25(26)20-6-2-1-3-7-20;/h1-13,17-18,28H,14-16H2,(H,30,31);1H2. The molecule has 0 saturated heterocycles. The second-order valence-corrected chi connectivity index (χ2v) is 8.93. The summed E-state index contributed by atoms with van der Waals surface area (Å²) in [5, 5.41) is 8.93. The first-order valence-electron chi connectivity index (χ1n) is 10.7.